The maximum absolute atomic E-state index is 10.9. The number of hydrogen-bond donors (Lipinski definition) is 2. The summed E-state index contributed by atoms with van der Waals surface area (Å²) >= 11 is 0. The Balaban J connectivity index is 4.22. The van der Waals surface area contributed by atoms with Gasteiger partial charge in [-0.3, -0.25) is 4.79 Å². The van der Waals surface area contributed by atoms with E-state index in [0.717, 1.165) is 25.7 Å². The van der Waals surface area contributed by atoms with E-state index in [0.29, 0.717) is 12.3 Å². The van der Waals surface area contributed by atoms with Crippen LogP contribution in [0.4, 0.5) is 0 Å². The van der Waals surface area contributed by atoms with Crippen LogP contribution in [0.2, 0.25) is 0 Å². The van der Waals surface area contributed by atoms with Gasteiger partial charge in [0.15, 0.2) is 0 Å². The van der Waals surface area contributed by atoms with Gasteiger partial charge >= 0.3 is 5.97 Å². The standard InChI is InChI=1S/C12H23NO3/c1-4-6-7-10(5-2)8-11(12(15)16)13-9(3)14/h10-11H,4-8H2,1-3H3,(H,13,14)(H,15,16). The molecular formula is C12H23NO3. The number of nitrogens with one attached hydrogen (secondary N) is 1. The van der Waals surface area contributed by atoms with Crippen molar-refractivity contribution in [1.29, 1.82) is 0 Å². The molecule has 94 valence electrons. The molecule has 0 aromatic carbocycles. The Kier molecular flexibility index (Phi) is 7.60. The minimum absolute atomic E-state index is 0.280. The number of carbonyl (C=O) groups excluding carboxylic acids is 1. The monoisotopic (exact) mass is 229 g/mol. The Morgan fingerprint density at radius 1 is 1.31 bits per heavy atom. The third-order valence-electron chi connectivity index (χ3n) is 2.79. The largest absolute Gasteiger partial charge is 0.480 e. The Morgan fingerprint density at radius 3 is 2.31 bits per heavy atom. The van der Waals surface area contributed by atoms with Gasteiger partial charge in [0.25, 0.3) is 0 Å². The molecule has 0 aromatic heterocycles. The summed E-state index contributed by atoms with van der Waals surface area (Å²) in [5.41, 5.74) is 0. The SMILES string of the molecule is CCCCC(CC)CC(NC(C)=O)C(=O)O. The van der Waals surface area contributed by atoms with Gasteiger partial charge in [-0.1, -0.05) is 39.5 Å². The molecule has 0 bridgehead atoms. The topological polar surface area (TPSA) is 66.4 Å². The summed E-state index contributed by atoms with van der Waals surface area (Å²) in [4.78, 5) is 21.8. The first-order valence-electron chi connectivity index (χ1n) is 6.01. The van der Waals surface area contributed by atoms with Crippen LogP contribution in [0.5, 0.6) is 0 Å². The van der Waals surface area contributed by atoms with E-state index in [4.69, 9.17) is 5.11 Å². The normalized spacial score (nSPS) is 14.2. The summed E-state index contributed by atoms with van der Waals surface area (Å²) < 4.78 is 0. The van der Waals surface area contributed by atoms with Gasteiger partial charge in [-0.15, -0.1) is 0 Å². The number of unbranched alkanes of at least 4 members (excludes halogenated alkanes) is 1. The summed E-state index contributed by atoms with van der Waals surface area (Å²) in [5, 5.41) is 11.5. The third kappa shape index (κ3) is 6.43. The van der Waals surface area contributed by atoms with Crippen LogP contribution < -0.4 is 5.32 Å². The Bertz CT molecular complexity index is 228. The maximum atomic E-state index is 10.9. The highest BCUT2D eigenvalue weighted by atomic mass is 16.4. The summed E-state index contributed by atoms with van der Waals surface area (Å²) in [6, 6.07) is -0.737. The van der Waals surface area contributed by atoms with Gasteiger partial charge in [-0.25, -0.2) is 4.79 Å². The van der Waals surface area contributed by atoms with Gasteiger partial charge in [-0.2, -0.15) is 0 Å². The molecule has 0 rings (SSSR count). The maximum Gasteiger partial charge on any atom is 0.326 e. The van der Waals surface area contributed by atoms with E-state index in [1.807, 2.05) is 0 Å². The highest BCUT2D eigenvalue weighted by Gasteiger charge is 2.22. The molecular weight excluding hydrogens is 206 g/mol. The predicted octanol–water partition coefficient (Wildman–Crippen LogP) is 2.18. The molecule has 2 unspecified atom stereocenters. The minimum atomic E-state index is -0.940. The first kappa shape index (κ1) is 14.9. The molecule has 0 fully saturated rings. The number of aliphatic carboxylic acids is 1. The van der Waals surface area contributed by atoms with Crippen LogP contribution in [-0.2, 0) is 9.59 Å². The van der Waals surface area contributed by atoms with E-state index in [9.17, 15) is 9.59 Å². The highest BCUT2D eigenvalue weighted by molar-refractivity contribution is 5.81. The van der Waals surface area contributed by atoms with Crippen LogP contribution in [0.3, 0.4) is 0 Å². The van der Waals surface area contributed by atoms with E-state index in [1.165, 1.54) is 6.92 Å². The van der Waals surface area contributed by atoms with E-state index in [-0.39, 0.29) is 5.91 Å². The van der Waals surface area contributed by atoms with Crippen LogP contribution in [0.15, 0.2) is 0 Å². The summed E-state index contributed by atoms with van der Waals surface area (Å²) in [5.74, 6) is -0.837. The first-order valence-corrected chi connectivity index (χ1v) is 6.01. The number of amides is 1. The Hall–Kier alpha value is -1.06. The fraction of sp³-hybridized carbons (Fsp3) is 0.833. The minimum Gasteiger partial charge on any atom is -0.480 e. The van der Waals surface area contributed by atoms with Gasteiger partial charge in [0.2, 0.25) is 5.91 Å². The fourth-order valence-corrected chi connectivity index (χ4v) is 1.78. The van der Waals surface area contributed by atoms with Gasteiger partial charge in [-0.05, 0) is 12.3 Å². The molecule has 0 aliphatic carbocycles. The fourth-order valence-electron chi connectivity index (χ4n) is 1.78. The molecule has 1 amide bonds. The molecule has 16 heavy (non-hydrogen) atoms. The number of rotatable bonds is 8. The second-order valence-electron chi connectivity index (χ2n) is 4.24. The first-order chi connectivity index (χ1) is 7.51. The predicted molar refractivity (Wildman–Crippen MR) is 63.2 cm³/mol. The van der Waals surface area contributed by atoms with Crippen molar-refractivity contribution in [1.82, 2.24) is 5.32 Å². The summed E-state index contributed by atoms with van der Waals surface area (Å²) in [6.45, 7) is 5.53. The molecule has 0 aliphatic heterocycles. The van der Waals surface area contributed by atoms with Crippen LogP contribution in [0.1, 0.15) is 52.9 Å². The average Bonchev–Trinajstić information content (AvgIpc) is 2.21. The zero-order valence-corrected chi connectivity index (χ0v) is 10.5. The van der Waals surface area contributed by atoms with E-state index < -0.39 is 12.0 Å². The molecule has 0 saturated heterocycles. The van der Waals surface area contributed by atoms with E-state index in [1.54, 1.807) is 0 Å². The number of carboxylic acids is 1. The molecule has 4 nitrogen and oxygen atoms in total. The second-order valence-corrected chi connectivity index (χ2v) is 4.24. The lowest BCUT2D eigenvalue weighted by Crippen LogP contribution is -2.40. The van der Waals surface area contributed by atoms with Crippen molar-refractivity contribution in [2.24, 2.45) is 5.92 Å². The number of carbonyl (C=O) groups is 2. The summed E-state index contributed by atoms with van der Waals surface area (Å²) in [7, 11) is 0. The van der Waals surface area contributed by atoms with Gasteiger partial charge in [0.05, 0.1) is 0 Å². The van der Waals surface area contributed by atoms with E-state index in [2.05, 4.69) is 19.2 Å². The molecule has 0 heterocycles. The van der Waals surface area contributed by atoms with Crippen molar-refractivity contribution in [2.45, 2.75) is 58.9 Å². The lowest BCUT2D eigenvalue weighted by atomic mass is 9.92. The molecule has 0 aromatic rings. The van der Waals surface area contributed by atoms with Crippen LogP contribution in [-0.4, -0.2) is 23.0 Å². The average molecular weight is 229 g/mol. The van der Waals surface area contributed by atoms with Crippen molar-refractivity contribution >= 4 is 11.9 Å². The quantitative estimate of drug-likeness (QED) is 0.670. The zero-order valence-electron chi connectivity index (χ0n) is 10.5. The Labute approximate surface area is 97.4 Å². The van der Waals surface area contributed by atoms with Crippen molar-refractivity contribution < 1.29 is 14.7 Å². The van der Waals surface area contributed by atoms with Crippen molar-refractivity contribution in [3.05, 3.63) is 0 Å². The van der Waals surface area contributed by atoms with E-state index >= 15 is 0 Å². The molecule has 2 atom stereocenters. The Morgan fingerprint density at radius 2 is 1.94 bits per heavy atom. The van der Waals surface area contributed by atoms with Crippen LogP contribution >= 0.6 is 0 Å². The lowest BCUT2D eigenvalue weighted by Gasteiger charge is -2.20. The van der Waals surface area contributed by atoms with Gasteiger partial charge < -0.3 is 10.4 Å². The third-order valence-corrected chi connectivity index (χ3v) is 2.79. The zero-order chi connectivity index (χ0) is 12.6. The molecule has 0 radical (unpaired) electrons. The van der Waals surface area contributed by atoms with Gasteiger partial charge in [0.1, 0.15) is 6.04 Å². The second kappa shape index (κ2) is 8.13. The highest BCUT2D eigenvalue weighted by Crippen LogP contribution is 2.18. The van der Waals surface area contributed by atoms with Gasteiger partial charge in [0, 0.05) is 6.92 Å². The van der Waals surface area contributed by atoms with Crippen LogP contribution in [0, 0.1) is 5.92 Å². The molecule has 4 heteroatoms. The molecule has 0 saturated carbocycles. The molecule has 2 N–H and O–H groups in total. The smallest absolute Gasteiger partial charge is 0.326 e. The lowest BCUT2D eigenvalue weighted by molar-refractivity contribution is -0.142. The van der Waals surface area contributed by atoms with Crippen molar-refractivity contribution in [3.8, 4) is 0 Å². The molecule has 0 aliphatic rings. The summed E-state index contributed by atoms with van der Waals surface area (Å²) in [6.07, 6.45) is 4.77. The van der Waals surface area contributed by atoms with Crippen LogP contribution in [0.25, 0.3) is 0 Å². The van der Waals surface area contributed by atoms with Crippen molar-refractivity contribution in [2.75, 3.05) is 0 Å². The van der Waals surface area contributed by atoms with Crippen molar-refractivity contribution in [3.63, 3.8) is 0 Å². The number of carboxylic acid groups (broad SMARTS) is 1. The molecule has 0 spiro atoms. The number of hydrogen-bond acceptors (Lipinski definition) is 2.